The third-order valence-corrected chi connectivity index (χ3v) is 3.78. The smallest absolute Gasteiger partial charge is 0.125 e. The molecule has 23 heavy (non-hydrogen) atoms. The van der Waals surface area contributed by atoms with Gasteiger partial charge in [-0.25, -0.2) is 4.98 Å². The fourth-order valence-electron chi connectivity index (χ4n) is 2.47. The number of anilines is 1. The van der Waals surface area contributed by atoms with Crippen LogP contribution in [0.25, 0.3) is 11.0 Å². The summed E-state index contributed by atoms with van der Waals surface area (Å²) in [5.74, 6) is 0.822. The number of ether oxygens (including phenoxy) is 1. The summed E-state index contributed by atoms with van der Waals surface area (Å²) in [5.41, 5.74) is 3.86. The Labute approximate surface area is 140 Å². The lowest BCUT2D eigenvalue weighted by Crippen LogP contribution is -2.13. The van der Waals surface area contributed by atoms with E-state index in [1.807, 2.05) is 42.8 Å². The molecule has 0 saturated heterocycles. The van der Waals surface area contributed by atoms with E-state index in [4.69, 9.17) is 17.0 Å². The van der Waals surface area contributed by atoms with Crippen molar-refractivity contribution in [2.24, 2.45) is 7.05 Å². The minimum atomic E-state index is 0.571. The van der Waals surface area contributed by atoms with Gasteiger partial charge in [0, 0.05) is 31.4 Å². The summed E-state index contributed by atoms with van der Waals surface area (Å²) in [5, 5.41) is 3.29. The average Bonchev–Trinajstić information content (AvgIpc) is 2.92. The summed E-state index contributed by atoms with van der Waals surface area (Å²) >= 11 is 5.50. The summed E-state index contributed by atoms with van der Waals surface area (Å²) in [7, 11) is 1.97. The molecule has 0 bridgehead atoms. The molecule has 0 unspecified atom stereocenters. The zero-order valence-electron chi connectivity index (χ0n) is 13.1. The van der Waals surface area contributed by atoms with Gasteiger partial charge in [0.2, 0.25) is 0 Å². The summed E-state index contributed by atoms with van der Waals surface area (Å²) in [4.78, 5) is 9.29. The van der Waals surface area contributed by atoms with Crippen molar-refractivity contribution in [2.75, 3.05) is 11.9 Å². The molecule has 1 aromatic carbocycles. The molecule has 2 heterocycles. The number of aromatic nitrogens is 3. The predicted octanol–water partition coefficient (Wildman–Crippen LogP) is 3.35. The van der Waals surface area contributed by atoms with Gasteiger partial charge in [-0.2, -0.15) is 0 Å². The Morgan fingerprint density at radius 2 is 2.22 bits per heavy atom. The Hall–Kier alpha value is -2.47. The minimum Gasteiger partial charge on any atom is -0.493 e. The van der Waals surface area contributed by atoms with Crippen LogP contribution in [0.1, 0.15) is 12.5 Å². The van der Waals surface area contributed by atoms with Crippen LogP contribution in [0.2, 0.25) is 0 Å². The van der Waals surface area contributed by atoms with Crippen LogP contribution in [0.15, 0.2) is 43.0 Å². The summed E-state index contributed by atoms with van der Waals surface area (Å²) in [6.45, 7) is 2.58. The van der Waals surface area contributed by atoms with E-state index in [2.05, 4.69) is 15.3 Å². The maximum atomic E-state index is 5.62. The van der Waals surface area contributed by atoms with Gasteiger partial charge >= 0.3 is 0 Å². The van der Waals surface area contributed by atoms with Crippen LogP contribution in [0.4, 0.5) is 5.69 Å². The first-order chi connectivity index (χ1) is 11.2. The van der Waals surface area contributed by atoms with E-state index in [9.17, 15) is 0 Å². The lowest BCUT2D eigenvalue weighted by atomic mass is 10.2. The van der Waals surface area contributed by atoms with E-state index < -0.39 is 0 Å². The van der Waals surface area contributed by atoms with Crippen LogP contribution >= 0.6 is 12.2 Å². The van der Waals surface area contributed by atoms with E-state index in [0.29, 0.717) is 18.0 Å². The fourth-order valence-corrected chi connectivity index (χ4v) is 2.74. The maximum absolute atomic E-state index is 5.62. The Morgan fingerprint density at radius 3 is 3.04 bits per heavy atom. The van der Waals surface area contributed by atoms with Crippen molar-refractivity contribution in [3.8, 4) is 5.75 Å². The minimum absolute atomic E-state index is 0.571. The first-order valence-corrected chi connectivity index (χ1v) is 7.85. The van der Waals surface area contributed by atoms with Gasteiger partial charge in [-0.1, -0.05) is 18.3 Å². The molecule has 0 amide bonds. The van der Waals surface area contributed by atoms with Crippen molar-refractivity contribution in [2.45, 2.75) is 13.3 Å². The van der Waals surface area contributed by atoms with E-state index >= 15 is 0 Å². The number of hydrogen-bond acceptors (Lipinski definition) is 4. The molecule has 6 heteroatoms. The number of aryl methyl sites for hydroxylation is 1. The van der Waals surface area contributed by atoms with Gasteiger partial charge in [0.25, 0.3) is 0 Å². The first-order valence-electron chi connectivity index (χ1n) is 7.44. The number of hydrogen-bond donors (Lipinski definition) is 1. The molecule has 2 aromatic heterocycles. The van der Waals surface area contributed by atoms with Crippen LogP contribution in [0.5, 0.6) is 5.75 Å². The highest BCUT2D eigenvalue weighted by atomic mass is 32.1. The van der Waals surface area contributed by atoms with Gasteiger partial charge in [-0.05, 0) is 25.1 Å². The third kappa shape index (κ3) is 3.32. The van der Waals surface area contributed by atoms with Crippen LogP contribution in [-0.4, -0.2) is 26.1 Å². The van der Waals surface area contributed by atoms with Crippen molar-refractivity contribution in [3.05, 3.63) is 48.5 Å². The number of fused-ring (bicyclic) bond motifs is 1. The SMILES string of the molecule is CCOc1ccncc1CC(=S)Nc1cccc2c1ncn2C. The summed E-state index contributed by atoms with van der Waals surface area (Å²) in [6, 6.07) is 7.87. The van der Waals surface area contributed by atoms with E-state index in [1.54, 1.807) is 18.7 Å². The normalized spacial score (nSPS) is 10.7. The van der Waals surface area contributed by atoms with Crippen LogP contribution in [0.3, 0.4) is 0 Å². The fraction of sp³-hybridized carbons (Fsp3) is 0.235. The third-order valence-electron chi connectivity index (χ3n) is 3.54. The van der Waals surface area contributed by atoms with Crippen molar-refractivity contribution in [1.29, 1.82) is 0 Å². The molecule has 1 N–H and O–H groups in total. The van der Waals surface area contributed by atoms with Crippen LogP contribution < -0.4 is 10.1 Å². The molecule has 0 saturated carbocycles. The molecule has 0 aliphatic heterocycles. The molecule has 0 radical (unpaired) electrons. The van der Waals surface area contributed by atoms with E-state index in [-0.39, 0.29) is 0 Å². The topological polar surface area (TPSA) is 52.0 Å². The number of pyridine rings is 1. The zero-order chi connectivity index (χ0) is 16.2. The molecule has 0 atom stereocenters. The molecule has 118 valence electrons. The number of para-hydroxylation sites is 1. The maximum Gasteiger partial charge on any atom is 0.125 e. The van der Waals surface area contributed by atoms with Gasteiger partial charge in [0.15, 0.2) is 0 Å². The summed E-state index contributed by atoms with van der Waals surface area (Å²) < 4.78 is 7.60. The lowest BCUT2D eigenvalue weighted by molar-refractivity contribution is 0.337. The number of imidazole rings is 1. The molecule has 0 aliphatic rings. The van der Waals surface area contributed by atoms with Crippen molar-refractivity contribution >= 4 is 33.9 Å². The molecule has 3 aromatic rings. The summed E-state index contributed by atoms with van der Waals surface area (Å²) in [6.07, 6.45) is 5.88. The second kappa shape index (κ2) is 6.75. The molecule has 0 aliphatic carbocycles. The Balaban J connectivity index is 1.79. The average molecular weight is 326 g/mol. The van der Waals surface area contributed by atoms with Gasteiger partial charge < -0.3 is 14.6 Å². The largest absolute Gasteiger partial charge is 0.493 e. The van der Waals surface area contributed by atoms with Crippen LogP contribution in [0, 0.1) is 0 Å². The second-order valence-electron chi connectivity index (χ2n) is 5.17. The molecule has 0 fully saturated rings. The zero-order valence-corrected chi connectivity index (χ0v) is 13.9. The lowest BCUT2D eigenvalue weighted by Gasteiger charge is -2.12. The highest BCUT2D eigenvalue weighted by molar-refractivity contribution is 7.80. The Morgan fingerprint density at radius 1 is 1.35 bits per heavy atom. The predicted molar refractivity (Wildman–Crippen MR) is 96.0 cm³/mol. The number of benzene rings is 1. The highest BCUT2D eigenvalue weighted by Crippen LogP contribution is 2.23. The molecule has 0 spiro atoms. The van der Waals surface area contributed by atoms with Gasteiger partial charge in [0.05, 0.1) is 29.1 Å². The monoisotopic (exact) mass is 326 g/mol. The number of nitrogens with one attached hydrogen (secondary N) is 1. The molecular weight excluding hydrogens is 308 g/mol. The van der Waals surface area contributed by atoms with Gasteiger partial charge in [-0.3, -0.25) is 4.98 Å². The van der Waals surface area contributed by atoms with E-state index in [0.717, 1.165) is 28.0 Å². The highest BCUT2D eigenvalue weighted by Gasteiger charge is 2.10. The number of nitrogens with zero attached hydrogens (tertiary/aromatic N) is 3. The van der Waals surface area contributed by atoms with Crippen molar-refractivity contribution in [1.82, 2.24) is 14.5 Å². The first kappa shape index (κ1) is 15.4. The molecule has 3 rings (SSSR count). The second-order valence-corrected chi connectivity index (χ2v) is 5.66. The number of rotatable bonds is 5. The van der Waals surface area contributed by atoms with Gasteiger partial charge in [-0.15, -0.1) is 0 Å². The standard InChI is InChI=1S/C17H18N4OS/c1-3-22-15-7-8-18-10-12(15)9-16(23)20-13-5-4-6-14-17(13)19-11-21(14)2/h4-8,10-11H,3,9H2,1-2H3,(H,20,23). The molecular formula is C17H18N4OS. The van der Waals surface area contributed by atoms with Crippen molar-refractivity contribution < 1.29 is 4.74 Å². The Bertz CT molecular complexity index is 843. The number of thiocarbonyl (C=S) groups is 1. The quantitative estimate of drug-likeness (QED) is 0.729. The Kier molecular flexibility index (Phi) is 4.52. The van der Waals surface area contributed by atoms with Gasteiger partial charge in [0.1, 0.15) is 11.3 Å². The molecule has 5 nitrogen and oxygen atoms in total. The van der Waals surface area contributed by atoms with Crippen LogP contribution in [-0.2, 0) is 13.5 Å². The van der Waals surface area contributed by atoms with Crippen molar-refractivity contribution in [3.63, 3.8) is 0 Å². The van der Waals surface area contributed by atoms with E-state index in [1.165, 1.54) is 0 Å².